The van der Waals surface area contributed by atoms with E-state index >= 15 is 0 Å². The summed E-state index contributed by atoms with van der Waals surface area (Å²) >= 11 is 0. The largest absolute Gasteiger partial charge is 0.394 e. The van der Waals surface area contributed by atoms with Gasteiger partial charge in [0.2, 0.25) is 0 Å². The summed E-state index contributed by atoms with van der Waals surface area (Å²) in [5.41, 5.74) is 0.691. The predicted molar refractivity (Wildman–Crippen MR) is 43.2 cm³/mol. The highest BCUT2D eigenvalue weighted by molar-refractivity contribution is 5.16. The lowest BCUT2D eigenvalue weighted by atomic mass is 10.1. The van der Waals surface area contributed by atoms with Crippen LogP contribution in [0.1, 0.15) is 5.56 Å². The van der Waals surface area contributed by atoms with Crippen molar-refractivity contribution in [2.75, 3.05) is 6.61 Å². The average Bonchev–Trinajstić information content (AvgIpc) is 2.04. The molecule has 0 bridgehead atoms. The van der Waals surface area contributed by atoms with Gasteiger partial charge in [-0.05, 0) is 17.7 Å². The van der Waals surface area contributed by atoms with Crippen LogP contribution >= 0.6 is 0 Å². The zero-order chi connectivity index (χ0) is 8.97. The number of hydrogen-bond acceptors (Lipinski definition) is 2. The quantitative estimate of drug-likeness (QED) is 0.701. The number of hydrogen-bond donors (Lipinski definition) is 2. The molecule has 1 unspecified atom stereocenters. The van der Waals surface area contributed by atoms with Gasteiger partial charge in [0.05, 0.1) is 12.7 Å². The fourth-order valence-electron chi connectivity index (χ4n) is 1.00. The summed E-state index contributed by atoms with van der Waals surface area (Å²) in [7, 11) is 0. The highest BCUT2D eigenvalue weighted by Gasteiger charge is 2.03. The van der Waals surface area contributed by atoms with E-state index in [9.17, 15) is 4.39 Å². The van der Waals surface area contributed by atoms with Gasteiger partial charge in [-0.25, -0.2) is 4.39 Å². The zero-order valence-corrected chi connectivity index (χ0v) is 6.57. The minimum atomic E-state index is -0.799. The predicted octanol–water partition coefficient (Wildman–Crippen LogP) is 0.721. The van der Waals surface area contributed by atoms with Crippen LogP contribution in [0.2, 0.25) is 0 Å². The third kappa shape index (κ3) is 2.60. The molecule has 0 radical (unpaired) electrons. The zero-order valence-electron chi connectivity index (χ0n) is 6.57. The van der Waals surface area contributed by atoms with Gasteiger partial charge in [-0.15, -0.1) is 0 Å². The van der Waals surface area contributed by atoms with Crippen molar-refractivity contribution in [1.29, 1.82) is 0 Å². The first-order chi connectivity index (χ1) is 5.72. The molecule has 0 saturated carbocycles. The molecule has 1 atom stereocenters. The fraction of sp³-hybridized carbons (Fsp3) is 0.333. The van der Waals surface area contributed by atoms with E-state index in [1.54, 1.807) is 12.1 Å². The van der Waals surface area contributed by atoms with Crippen LogP contribution in [0, 0.1) is 5.82 Å². The molecule has 0 aliphatic heterocycles. The molecule has 3 heteroatoms. The molecule has 12 heavy (non-hydrogen) atoms. The van der Waals surface area contributed by atoms with Gasteiger partial charge >= 0.3 is 0 Å². The highest BCUT2D eigenvalue weighted by Crippen LogP contribution is 2.05. The van der Waals surface area contributed by atoms with E-state index in [2.05, 4.69) is 0 Å². The maximum Gasteiger partial charge on any atom is 0.123 e. The second-order valence-corrected chi connectivity index (χ2v) is 2.67. The lowest BCUT2D eigenvalue weighted by Crippen LogP contribution is -2.14. The minimum Gasteiger partial charge on any atom is -0.394 e. The molecule has 0 aromatic heterocycles. The molecule has 2 nitrogen and oxygen atoms in total. The molecule has 1 aromatic rings. The third-order valence-electron chi connectivity index (χ3n) is 1.57. The molecule has 2 N–H and O–H groups in total. The van der Waals surface area contributed by atoms with Crippen molar-refractivity contribution < 1.29 is 14.6 Å². The SMILES string of the molecule is OCC(O)Cc1cccc(F)c1. The van der Waals surface area contributed by atoms with Gasteiger partial charge in [0.25, 0.3) is 0 Å². The molecule has 0 aliphatic carbocycles. The Bertz CT molecular complexity index is 250. The standard InChI is InChI=1S/C9H11FO2/c10-8-3-1-2-7(4-8)5-9(12)6-11/h1-4,9,11-12H,5-6H2. The molecule has 1 rings (SSSR count). The topological polar surface area (TPSA) is 40.5 Å². The summed E-state index contributed by atoms with van der Waals surface area (Å²) in [6.45, 7) is -0.295. The van der Waals surface area contributed by atoms with Crippen LogP contribution in [-0.4, -0.2) is 22.9 Å². The smallest absolute Gasteiger partial charge is 0.123 e. The monoisotopic (exact) mass is 170 g/mol. The first-order valence-electron chi connectivity index (χ1n) is 3.75. The van der Waals surface area contributed by atoms with E-state index in [1.807, 2.05) is 0 Å². The Labute approximate surface area is 70.3 Å². The normalized spacial score (nSPS) is 12.9. The van der Waals surface area contributed by atoms with Gasteiger partial charge in [0, 0.05) is 6.42 Å². The molecule has 0 fully saturated rings. The van der Waals surface area contributed by atoms with Gasteiger partial charge in [-0.1, -0.05) is 12.1 Å². The van der Waals surface area contributed by atoms with Crippen molar-refractivity contribution in [3.05, 3.63) is 35.6 Å². The van der Waals surface area contributed by atoms with E-state index in [-0.39, 0.29) is 18.8 Å². The maximum atomic E-state index is 12.6. The Balaban J connectivity index is 2.63. The van der Waals surface area contributed by atoms with Crippen molar-refractivity contribution in [3.63, 3.8) is 0 Å². The lowest BCUT2D eigenvalue weighted by Gasteiger charge is -2.06. The molecular weight excluding hydrogens is 159 g/mol. The van der Waals surface area contributed by atoms with Gasteiger partial charge in [0.1, 0.15) is 5.82 Å². The second kappa shape index (κ2) is 4.18. The maximum absolute atomic E-state index is 12.6. The molecule has 0 saturated heterocycles. The first kappa shape index (κ1) is 9.16. The Morgan fingerprint density at radius 3 is 2.75 bits per heavy atom. The summed E-state index contributed by atoms with van der Waals surface area (Å²) in [6, 6.07) is 5.98. The Morgan fingerprint density at radius 2 is 2.17 bits per heavy atom. The van der Waals surface area contributed by atoms with Gasteiger partial charge in [-0.3, -0.25) is 0 Å². The van der Waals surface area contributed by atoms with Gasteiger partial charge in [0.15, 0.2) is 0 Å². The number of halogens is 1. The van der Waals surface area contributed by atoms with Crippen molar-refractivity contribution in [1.82, 2.24) is 0 Å². The molecule has 1 aromatic carbocycles. The summed E-state index contributed by atoms with van der Waals surface area (Å²) < 4.78 is 12.6. The van der Waals surface area contributed by atoms with Crippen molar-refractivity contribution in [2.45, 2.75) is 12.5 Å². The molecule has 0 spiro atoms. The van der Waals surface area contributed by atoms with Crippen LogP contribution in [0.5, 0.6) is 0 Å². The Morgan fingerprint density at radius 1 is 1.42 bits per heavy atom. The van der Waals surface area contributed by atoms with Crippen molar-refractivity contribution in [3.8, 4) is 0 Å². The van der Waals surface area contributed by atoms with Crippen LogP contribution in [0.4, 0.5) is 4.39 Å². The molecule has 0 heterocycles. The van der Waals surface area contributed by atoms with Crippen LogP contribution in [0.25, 0.3) is 0 Å². The second-order valence-electron chi connectivity index (χ2n) is 2.67. The van der Waals surface area contributed by atoms with E-state index in [0.29, 0.717) is 5.56 Å². The van der Waals surface area contributed by atoms with Crippen LogP contribution < -0.4 is 0 Å². The summed E-state index contributed by atoms with van der Waals surface area (Å²) in [5, 5.41) is 17.6. The molecule has 0 amide bonds. The number of aliphatic hydroxyl groups is 2. The van der Waals surface area contributed by atoms with Crippen LogP contribution in [0.15, 0.2) is 24.3 Å². The van der Waals surface area contributed by atoms with E-state index in [4.69, 9.17) is 10.2 Å². The van der Waals surface area contributed by atoms with E-state index in [1.165, 1.54) is 12.1 Å². The van der Waals surface area contributed by atoms with E-state index in [0.717, 1.165) is 0 Å². The van der Waals surface area contributed by atoms with Gasteiger partial charge in [-0.2, -0.15) is 0 Å². The lowest BCUT2D eigenvalue weighted by molar-refractivity contribution is 0.0954. The fourth-order valence-corrected chi connectivity index (χ4v) is 1.00. The molecular formula is C9H11FO2. The first-order valence-corrected chi connectivity index (χ1v) is 3.75. The summed E-state index contributed by atoms with van der Waals surface area (Å²) in [5.74, 6) is -0.322. The Kier molecular flexibility index (Phi) is 3.19. The summed E-state index contributed by atoms with van der Waals surface area (Å²) in [4.78, 5) is 0. The highest BCUT2D eigenvalue weighted by atomic mass is 19.1. The molecule has 0 aliphatic rings. The van der Waals surface area contributed by atoms with Crippen LogP contribution in [-0.2, 0) is 6.42 Å². The van der Waals surface area contributed by atoms with Gasteiger partial charge < -0.3 is 10.2 Å². The third-order valence-corrected chi connectivity index (χ3v) is 1.57. The Hall–Kier alpha value is -0.930. The van der Waals surface area contributed by atoms with Crippen LogP contribution in [0.3, 0.4) is 0 Å². The number of benzene rings is 1. The minimum absolute atomic E-state index is 0.286. The summed E-state index contributed by atoms with van der Waals surface area (Å²) in [6.07, 6.45) is -0.513. The number of aliphatic hydroxyl groups excluding tert-OH is 2. The van der Waals surface area contributed by atoms with Crippen molar-refractivity contribution >= 4 is 0 Å². The van der Waals surface area contributed by atoms with E-state index < -0.39 is 6.10 Å². The molecule has 66 valence electrons. The van der Waals surface area contributed by atoms with Crippen molar-refractivity contribution in [2.24, 2.45) is 0 Å². The number of rotatable bonds is 3. The average molecular weight is 170 g/mol.